The highest BCUT2D eigenvalue weighted by Gasteiger charge is 2.14. The van der Waals surface area contributed by atoms with Gasteiger partial charge in [0.15, 0.2) is 15.9 Å². The molecular formula is C20H19N5O2S2. The molecule has 0 aliphatic heterocycles. The molecule has 9 heteroatoms. The number of fused-ring (bicyclic) bond motifs is 1. The lowest BCUT2D eigenvalue weighted by Crippen LogP contribution is -2.12. The Bertz CT molecular complexity index is 1210. The van der Waals surface area contributed by atoms with E-state index in [0.717, 1.165) is 22.3 Å². The molecule has 3 aromatic heterocycles. The first kappa shape index (κ1) is 19.4. The molecule has 4 aromatic rings. The van der Waals surface area contributed by atoms with Crippen molar-refractivity contribution >= 4 is 28.1 Å². The first-order valence-electron chi connectivity index (χ1n) is 8.95. The minimum Gasteiger partial charge on any atom is -0.485 e. The molecule has 0 saturated heterocycles. The summed E-state index contributed by atoms with van der Waals surface area (Å²) in [5.41, 5.74) is 1.71. The number of thioether (sulfide) groups is 1. The molecule has 3 heterocycles. The van der Waals surface area contributed by atoms with Crippen LogP contribution in [-0.2, 0) is 18.9 Å². The van der Waals surface area contributed by atoms with Crippen molar-refractivity contribution in [3.05, 3.63) is 82.0 Å². The molecule has 0 unspecified atom stereocenters. The number of para-hydroxylation sites is 1. The maximum atomic E-state index is 12.2. The molecule has 148 valence electrons. The second kappa shape index (κ2) is 8.62. The lowest BCUT2D eigenvalue weighted by Gasteiger charge is -2.10. The van der Waals surface area contributed by atoms with Crippen molar-refractivity contribution in [3.8, 4) is 5.75 Å². The summed E-state index contributed by atoms with van der Waals surface area (Å²) in [6, 6.07) is 9.42. The molecule has 0 aliphatic rings. The van der Waals surface area contributed by atoms with Crippen LogP contribution in [0.3, 0.4) is 0 Å². The van der Waals surface area contributed by atoms with Gasteiger partial charge < -0.3 is 4.74 Å². The van der Waals surface area contributed by atoms with Crippen LogP contribution < -0.4 is 10.3 Å². The normalized spacial score (nSPS) is 11.1. The standard InChI is InChI=1S/C20H19N5O2S2/c1-3-8-24-17(12-27-16-7-5-4-6-14(16)2)22-23-20(24)29-13-15-11-18(26)25-9-10-28-19(25)21-15/h3-7,9-11H,1,8,12-13H2,2H3. The van der Waals surface area contributed by atoms with Crippen molar-refractivity contribution in [2.75, 3.05) is 0 Å². The van der Waals surface area contributed by atoms with Gasteiger partial charge in [-0.2, -0.15) is 0 Å². The van der Waals surface area contributed by atoms with E-state index in [4.69, 9.17) is 4.74 Å². The van der Waals surface area contributed by atoms with Crippen LogP contribution >= 0.6 is 23.1 Å². The highest BCUT2D eigenvalue weighted by molar-refractivity contribution is 7.98. The fourth-order valence-electron chi connectivity index (χ4n) is 2.81. The fraction of sp³-hybridized carbons (Fsp3) is 0.200. The molecule has 0 fully saturated rings. The van der Waals surface area contributed by atoms with Crippen LogP contribution in [0.2, 0.25) is 0 Å². The van der Waals surface area contributed by atoms with E-state index in [1.54, 1.807) is 22.7 Å². The fourth-order valence-corrected chi connectivity index (χ4v) is 4.40. The van der Waals surface area contributed by atoms with Crippen molar-refractivity contribution in [2.45, 2.75) is 31.0 Å². The Morgan fingerprint density at radius 1 is 1.31 bits per heavy atom. The van der Waals surface area contributed by atoms with Crippen LogP contribution in [0.25, 0.3) is 4.96 Å². The number of nitrogens with zero attached hydrogens (tertiary/aromatic N) is 5. The van der Waals surface area contributed by atoms with Gasteiger partial charge in [-0.25, -0.2) is 4.98 Å². The molecule has 0 bridgehead atoms. The van der Waals surface area contributed by atoms with Gasteiger partial charge >= 0.3 is 0 Å². The van der Waals surface area contributed by atoms with E-state index in [1.165, 1.54) is 23.1 Å². The number of aryl methyl sites for hydroxylation is 1. The molecule has 0 spiro atoms. The van der Waals surface area contributed by atoms with Gasteiger partial charge in [-0.1, -0.05) is 36.0 Å². The molecule has 1 aromatic carbocycles. The number of allylic oxidation sites excluding steroid dienone is 1. The maximum Gasteiger partial charge on any atom is 0.258 e. The third-order valence-electron chi connectivity index (χ3n) is 4.26. The summed E-state index contributed by atoms with van der Waals surface area (Å²) in [7, 11) is 0. The maximum absolute atomic E-state index is 12.2. The molecule has 0 atom stereocenters. The van der Waals surface area contributed by atoms with Crippen molar-refractivity contribution in [1.29, 1.82) is 0 Å². The molecular weight excluding hydrogens is 406 g/mol. The predicted octanol–water partition coefficient (Wildman–Crippen LogP) is 3.71. The van der Waals surface area contributed by atoms with E-state index in [-0.39, 0.29) is 5.56 Å². The Hall–Kier alpha value is -2.91. The number of ether oxygens (including phenoxy) is 1. The first-order chi connectivity index (χ1) is 14.2. The number of hydrogen-bond donors (Lipinski definition) is 0. The van der Waals surface area contributed by atoms with Gasteiger partial charge in [0.25, 0.3) is 5.56 Å². The van der Waals surface area contributed by atoms with Gasteiger partial charge in [0.2, 0.25) is 0 Å². The second-order valence-corrected chi connectivity index (χ2v) is 8.10. The van der Waals surface area contributed by atoms with E-state index >= 15 is 0 Å². The zero-order valence-corrected chi connectivity index (χ0v) is 17.4. The molecule has 4 rings (SSSR count). The van der Waals surface area contributed by atoms with Crippen LogP contribution in [0, 0.1) is 6.92 Å². The molecule has 7 nitrogen and oxygen atoms in total. The molecule has 0 N–H and O–H groups in total. The molecule has 0 saturated carbocycles. The minimum absolute atomic E-state index is 0.0771. The van der Waals surface area contributed by atoms with Crippen molar-refractivity contribution < 1.29 is 4.74 Å². The monoisotopic (exact) mass is 425 g/mol. The average Bonchev–Trinajstić information content (AvgIpc) is 3.34. The third kappa shape index (κ3) is 4.25. The number of thiazole rings is 1. The summed E-state index contributed by atoms with van der Waals surface area (Å²) in [4.78, 5) is 17.4. The molecule has 0 amide bonds. The lowest BCUT2D eigenvalue weighted by atomic mass is 10.2. The summed E-state index contributed by atoms with van der Waals surface area (Å²) in [6.45, 7) is 6.72. The Balaban J connectivity index is 1.50. The SMILES string of the molecule is C=CCn1c(COc2ccccc2C)nnc1SCc1cc(=O)n2ccsc2n1. The van der Waals surface area contributed by atoms with Crippen molar-refractivity contribution in [2.24, 2.45) is 0 Å². The number of rotatable bonds is 8. The summed E-state index contributed by atoms with van der Waals surface area (Å²) in [5.74, 6) is 2.07. The number of hydrogen-bond acceptors (Lipinski definition) is 7. The van der Waals surface area contributed by atoms with Crippen molar-refractivity contribution in [1.82, 2.24) is 24.1 Å². The van der Waals surface area contributed by atoms with Gasteiger partial charge in [0, 0.05) is 29.9 Å². The Labute approximate surface area is 175 Å². The van der Waals surface area contributed by atoms with E-state index in [2.05, 4.69) is 21.8 Å². The first-order valence-corrected chi connectivity index (χ1v) is 10.8. The van der Waals surface area contributed by atoms with E-state index in [1.807, 2.05) is 41.1 Å². The van der Waals surface area contributed by atoms with Crippen LogP contribution in [-0.4, -0.2) is 24.1 Å². The highest BCUT2D eigenvalue weighted by atomic mass is 32.2. The number of benzene rings is 1. The Kier molecular flexibility index (Phi) is 5.77. The van der Waals surface area contributed by atoms with Gasteiger partial charge in [-0.3, -0.25) is 13.8 Å². The summed E-state index contributed by atoms with van der Waals surface area (Å²) >= 11 is 2.92. The van der Waals surface area contributed by atoms with Gasteiger partial charge in [-0.05, 0) is 18.6 Å². The van der Waals surface area contributed by atoms with Crippen LogP contribution in [0.5, 0.6) is 5.75 Å². The lowest BCUT2D eigenvalue weighted by molar-refractivity contribution is 0.287. The quantitative estimate of drug-likeness (QED) is 0.316. The van der Waals surface area contributed by atoms with Gasteiger partial charge in [0.1, 0.15) is 12.4 Å². The topological polar surface area (TPSA) is 74.3 Å². The largest absolute Gasteiger partial charge is 0.485 e. The Morgan fingerprint density at radius 2 is 2.17 bits per heavy atom. The van der Waals surface area contributed by atoms with Gasteiger partial charge in [0.05, 0.1) is 5.69 Å². The molecule has 29 heavy (non-hydrogen) atoms. The van der Waals surface area contributed by atoms with Crippen LogP contribution in [0.4, 0.5) is 0 Å². The van der Waals surface area contributed by atoms with E-state index < -0.39 is 0 Å². The molecule has 0 radical (unpaired) electrons. The predicted molar refractivity (Wildman–Crippen MR) is 115 cm³/mol. The van der Waals surface area contributed by atoms with Gasteiger partial charge in [-0.15, -0.1) is 28.1 Å². The molecule has 0 aliphatic carbocycles. The van der Waals surface area contributed by atoms with Crippen molar-refractivity contribution in [3.63, 3.8) is 0 Å². The highest BCUT2D eigenvalue weighted by Crippen LogP contribution is 2.23. The van der Waals surface area contributed by atoms with Crippen LogP contribution in [0.1, 0.15) is 17.1 Å². The Morgan fingerprint density at radius 3 is 3.00 bits per heavy atom. The third-order valence-corrected chi connectivity index (χ3v) is 6.02. The average molecular weight is 426 g/mol. The smallest absolute Gasteiger partial charge is 0.258 e. The zero-order valence-electron chi connectivity index (χ0n) is 15.8. The van der Waals surface area contributed by atoms with Crippen LogP contribution in [0.15, 0.2) is 64.5 Å². The number of aromatic nitrogens is 5. The zero-order chi connectivity index (χ0) is 20.2. The second-order valence-electron chi connectivity index (χ2n) is 6.28. The summed E-state index contributed by atoms with van der Waals surface area (Å²) < 4.78 is 9.43. The summed E-state index contributed by atoms with van der Waals surface area (Å²) in [6.07, 6.45) is 3.53. The van der Waals surface area contributed by atoms with E-state index in [0.29, 0.717) is 29.6 Å². The summed E-state index contributed by atoms with van der Waals surface area (Å²) in [5, 5.41) is 11.2. The minimum atomic E-state index is -0.0771. The van der Waals surface area contributed by atoms with E-state index in [9.17, 15) is 4.79 Å².